The van der Waals surface area contributed by atoms with Crippen LogP contribution in [0.4, 0.5) is 0 Å². The Hall–Kier alpha value is 1.98. The second kappa shape index (κ2) is 33.5. The van der Waals surface area contributed by atoms with Gasteiger partial charge in [-0.15, -0.1) is 0 Å². The second-order valence-electron chi connectivity index (χ2n) is 21.3. The highest BCUT2D eigenvalue weighted by Crippen LogP contribution is 2.32. The van der Waals surface area contributed by atoms with Gasteiger partial charge in [-0.25, -0.2) is 0 Å². The van der Waals surface area contributed by atoms with Crippen LogP contribution in [-0.2, 0) is 91.1 Å². The summed E-state index contributed by atoms with van der Waals surface area (Å²) in [5, 5.41) is 0. The first-order valence-corrected chi connectivity index (χ1v) is 57.4. The van der Waals surface area contributed by atoms with Gasteiger partial charge < -0.3 is 91.1 Å². The van der Waals surface area contributed by atoms with Gasteiger partial charge in [0, 0.05) is 47.2 Å². The number of epoxide rings is 3. The van der Waals surface area contributed by atoms with E-state index in [4.69, 9.17) is 91.1 Å². The molecule has 0 bridgehead atoms. The SMILES string of the molecule is CCC[Si]1(C)O[SiH](C)O[Si](C)(CCCOCC2CO2)O[SiH](C)O1.CCC[Si]1(C)O[SiH](C)O[Si](C)(CC[Si](OC)(OC)OC)O[SiH](C)O1.C[SiH]1O[Si](C)(CCCOCC2CO2)O[SiH](C)O[Si](C)(CCCOCC2CO2)O1. The van der Waals surface area contributed by atoms with Crippen LogP contribution in [0.3, 0.4) is 0 Å². The van der Waals surface area contributed by atoms with Crippen LogP contribution in [0.5, 0.6) is 0 Å². The van der Waals surface area contributed by atoms with Crippen LogP contribution in [0.2, 0.25) is 121 Å². The van der Waals surface area contributed by atoms with Crippen molar-refractivity contribution in [3.8, 4) is 0 Å². The van der Waals surface area contributed by atoms with E-state index in [1.54, 1.807) is 21.3 Å². The fourth-order valence-electron chi connectivity index (χ4n) is 9.70. The molecule has 0 aliphatic carbocycles. The van der Waals surface area contributed by atoms with Crippen molar-refractivity contribution in [1.82, 2.24) is 0 Å². The van der Waals surface area contributed by atoms with Gasteiger partial charge in [0.2, 0.25) is 0 Å². The fourth-order valence-corrected chi connectivity index (χ4v) is 65.5. The Morgan fingerprint density at radius 1 is 0.373 bits per heavy atom. The van der Waals surface area contributed by atoms with E-state index in [1.807, 2.05) is 0 Å². The van der Waals surface area contributed by atoms with Gasteiger partial charge in [0.05, 0.1) is 39.6 Å². The molecule has 6 aliphatic rings. The second-order valence-corrected chi connectivity index (χ2v) is 59.1. The van der Waals surface area contributed by atoms with Gasteiger partial charge in [0.25, 0.3) is 0 Å². The molecule has 75 heavy (non-hydrogen) atoms. The van der Waals surface area contributed by atoms with Crippen molar-refractivity contribution in [3.05, 3.63) is 0 Å². The van der Waals surface area contributed by atoms with Gasteiger partial charge in [-0.3, -0.25) is 0 Å². The molecule has 6 heterocycles. The Balaban J connectivity index is 0.000000245. The quantitative estimate of drug-likeness (QED) is 0.0512. The Morgan fingerprint density at radius 2 is 0.587 bits per heavy atom. The van der Waals surface area contributed by atoms with E-state index in [9.17, 15) is 0 Å². The molecule has 444 valence electrons. The third kappa shape index (κ3) is 27.9. The van der Waals surface area contributed by atoms with Gasteiger partial charge in [0.15, 0.2) is 0 Å². The van der Waals surface area contributed by atoms with Gasteiger partial charge >= 0.3 is 116 Å². The Bertz CT molecular complexity index is 1500. The summed E-state index contributed by atoms with van der Waals surface area (Å²) in [6.45, 7) is 36.6. The van der Waals surface area contributed by atoms with Gasteiger partial charge in [0.1, 0.15) is 18.3 Å². The van der Waals surface area contributed by atoms with E-state index in [0.29, 0.717) is 44.2 Å². The smallest absolute Gasteiger partial charge is 0.418 e. The lowest BCUT2D eigenvalue weighted by Gasteiger charge is -2.42. The molecular formula is C41H102O21Si13. The number of hydrogen-bond donors (Lipinski definition) is 0. The largest absolute Gasteiger partial charge is 0.500 e. The van der Waals surface area contributed by atoms with Gasteiger partial charge in [-0.05, 0) is 134 Å². The molecule has 7 atom stereocenters. The van der Waals surface area contributed by atoms with Crippen LogP contribution in [0, 0.1) is 0 Å². The number of hydrogen-bond acceptors (Lipinski definition) is 21. The molecule has 6 rings (SSSR count). The molecule has 0 aromatic heterocycles. The zero-order valence-electron chi connectivity index (χ0n) is 49.1. The molecule has 6 saturated heterocycles. The molecule has 0 aromatic rings. The van der Waals surface area contributed by atoms with Crippen molar-refractivity contribution in [2.75, 3.05) is 80.8 Å². The van der Waals surface area contributed by atoms with Crippen LogP contribution in [-0.4, -0.2) is 215 Å². The highest BCUT2D eigenvalue weighted by atomic mass is 28.5. The fraction of sp³-hybridized carbons (Fsp3) is 1.00. The van der Waals surface area contributed by atoms with Crippen LogP contribution >= 0.6 is 0 Å². The van der Waals surface area contributed by atoms with Crippen LogP contribution in [0.25, 0.3) is 0 Å². The molecule has 0 radical (unpaired) electrons. The summed E-state index contributed by atoms with van der Waals surface area (Å²) in [5.41, 5.74) is 0. The molecular weight excluding hydrogens is 1190 g/mol. The maximum Gasteiger partial charge on any atom is 0.500 e. The third-order valence-corrected chi connectivity index (χ3v) is 63.9. The zero-order valence-corrected chi connectivity index (χ0v) is 63.0. The average Bonchev–Trinajstić information content (AvgIpc) is 4.13. The normalized spacial score (nSPS) is 39.2. The molecule has 0 aromatic carbocycles. The molecule has 7 unspecified atom stereocenters. The van der Waals surface area contributed by atoms with Crippen LogP contribution in [0.15, 0.2) is 0 Å². The highest BCUT2D eigenvalue weighted by Gasteiger charge is 2.49. The first-order valence-electron chi connectivity index (χ1n) is 27.7. The Morgan fingerprint density at radius 3 is 0.787 bits per heavy atom. The van der Waals surface area contributed by atoms with Crippen LogP contribution < -0.4 is 0 Å². The number of rotatable bonds is 28. The van der Waals surface area contributed by atoms with Crippen molar-refractivity contribution in [2.45, 2.75) is 185 Å². The maximum absolute atomic E-state index is 6.45. The van der Waals surface area contributed by atoms with E-state index in [2.05, 4.69) is 92.4 Å². The highest BCUT2D eigenvalue weighted by molar-refractivity contribution is 6.87. The van der Waals surface area contributed by atoms with Crippen molar-refractivity contribution in [2.24, 2.45) is 0 Å². The van der Waals surface area contributed by atoms with Gasteiger partial charge in [-0.1, -0.05) is 26.7 Å². The molecule has 0 amide bonds. The average molecular weight is 1300 g/mol. The van der Waals surface area contributed by atoms with Crippen molar-refractivity contribution in [1.29, 1.82) is 0 Å². The summed E-state index contributed by atoms with van der Waals surface area (Å²) in [6.07, 6.45) is 5.95. The zero-order chi connectivity index (χ0) is 55.4. The predicted molar refractivity (Wildman–Crippen MR) is 317 cm³/mol. The summed E-state index contributed by atoms with van der Waals surface area (Å²) < 4.78 is 126. The minimum atomic E-state index is -2.63. The Labute approximate surface area is 470 Å². The number of ether oxygens (including phenoxy) is 6. The minimum Gasteiger partial charge on any atom is -0.418 e. The van der Waals surface area contributed by atoms with Crippen molar-refractivity contribution < 1.29 is 91.1 Å². The summed E-state index contributed by atoms with van der Waals surface area (Å²) in [7, 11) is -21.8. The Kier molecular flexibility index (Phi) is 31.0. The van der Waals surface area contributed by atoms with E-state index in [-0.39, 0.29) is 0 Å². The first kappa shape index (κ1) is 69.5. The van der Waals surface area contributed by atoms with E-state index in [1.165, 1.54) is 0 Å². The maximum atomic E-state index is 6.45. The summed E-state index contributed by atoms with van der Waals surface area (Å²) in [4.78, 5) is 0. The minimum absolute atomic E-state index is 0.318. The molecule has 0 saturated carbocycles. The molecule has 6 aliphatic heterocycles. The topological polar surface area (TPSA) is 204 Å². The lowest BCUT2D eigenvalue weighted by atomic mass is 10.5. The van der Waals surface area contributed by atoms with Gasteiger partial charge in [-0.2, -0.15) is 0 Å². The molecule has 6 fully saturated rings. The van der Waals surface area contributed by atoms with Crippen LogP contribution in [0.1, 0.15) is 46.0 Å². The lowest BCUT2D eigenvalue weighted by Crippen LogP contribution is -2.58. The van der Waals surface area contributed by atoms with E-state index in [0.717, 1.165) is 108 Å². The molecule has 21 nitrogen and oxygen atoms in total. The molecule has 34 heteroatoms. The molecule has 0 spiro atoms. The predicted octanol–water partition coefficient (Wildman–Crippen LogP) is 5.85. The first-order chi connectivity index (χ1) is 35.4. The standard InChI is InChI=1S/C16H36O8Si4.C13H32O6Si4.C12H34O7Si5/c1-25-21-27(3,9-5-7-17-11-15-13-19-15)23-26(2)24-28(4,22-25)10-6-8-18-12-16-14-20-16;1-6-9-22(4)16-20(2)18-23(5,19-21(3)17-22)10-7-8-14-11-13-12-15-13;1-9-10-22(7)16-20(5)18-23(8,19-21(6)17-22)11-12-24(13-2,14-3)15-4/h15-16,25-26H,5-14H2,1-4H3;13,20-21H,6-12H2,1-5H3;20-21H,9-12H2,1-8H3. The molecule has 0 N–H and O–H groups in total. The monoisotopic (exact) mass is 1290 g/mol. The summed E-state index contributed by atoms with van der Waals surface area (Å²) in [5.74, 6) is 0. The van der Waals surface area contributed by atoms with Crippen molar-refractivity contribution >= 4 is 116 Å². The third-order valence-electron chi connectivity index (χ3n) is 13.1. The summed E-state index contributed by atoms with van der Waals surface area (Å²) >= 11 is 0. The van der Waals surface area contributed by atoms with E-state index < -0.39 is 116 Å². The lowest BCUT2D eigenvalue weighted by molar-refractivity contribution is 0.114. The van der Waals surface area contributed by atoms with Crippen molar-refractivity contribution in [3.63, 3.8) is 0 Å². The summed E-state index contributed by atoms with van der Waals surface area (Å²) in [6, 6.07) is 6.19. The van der Waals surface area contributed by atoms with E-state index >= 15 is 0 Å².